The molecule has 1 aromatic heterocycles. The van der Waals surface area contributed by atoms with E-state index >= 15 is 0 Å². The molecule has 106 heavy (non-hydrogen) atoms. The second-order valence-electron chi connectivity index (χ2n) is 21.7. The van der Waals surface area contributed by atoms with E-state index in [4.69, 9.17) is 10.5 Å². The van der Waals surface area contributed by atoms with E-state index in [0.717, 1.165) is 30.9 Å². The molecule has 11 aromatic rings. The number of benzene rings is 10. The minimum atomic E-state index is -3.02. The van der Waals surface area contributed by atoms with E-state index in [2.05, 4.69) is 34.3 Å². The van der Waals surface area contributed by atoms with Gasteiger partial charge in [-0.3, -0.25) is 39.1 Å². The Balaban J connectivity index is 0.000000171. The minimum Gasteiger partial charge on any atom is -0.465 e. The number of nitrogen functional groups attached to an aromatic ring is 1. The summed E-state index contributed by atoms with van der Waals surface area (Å²) in [6.45, 7) is -3.02. The van der Waals surface area contributed by atoms with E-state index in [0.29, 0.717) is 62.0 Å². The van der Waals surface area contributed by atoms with Gasteiger partial charge in [-0.25, -0.2) is 46.3 Å². The van der Waals surface area contributed by atoms with Crippen LogP contribution in [0.1, 0.15) is 57.4 Å². The molecular formula is C74H57F7N8O17. The fourth-order valence-corrected chi connectivity index (χ4v) is 9.97. The number of fused-ring (bicyclic) bond motifs is 2. The highest BCUT2D eigenvalue weighted by Crippen LogP contribution is 2.37. The van der Waals surface area contributed by atoms with Gasteiger partial charge in [-0.05, 0) is 188 Å². The molecule has 32 heteroatoms. The van der Waals surface area contributed by atoms with Crippen molar-refractivity contribution in [1.29, 1.82) is 0 Å². The molecule has 0 saturated carbocycles. The molecule has 1 aliphatic rings. The number of alkyl halides is 2. The van der Waals surface area contributed by atoms with Crippen LogP contribution < -0.4 is 31.7 Å². The molecule has 0 radical (unpaired) electrons. The number of hydrogen-bond acceptors (Lipinski definition) is 20. The first-order chi connectivity index (χ1) is 50.6. The van der Waals surface area contributed by atoms with Crippen LogP contribution in [0.5, 0.6) is 5.75 Å². The number of aromatic nitrogens is 2. The van der Waals surface area contributed by atoms with E-state index in [9.17, 15) is 84.5 Å². The number of nitrogens with one attached hydrogen (secondary N) is 2. The van der Waals surface area contributed by atoms with Crippen molar-refractivity contribution in [2.75, 3.05) is 56.8 Å². The Morgan fingerprint density at radius 3 is 1.36 bits per heavy atom. The zero-order chi connectivity index (χ0) is 77.1. The number of hydrogen-bond donors (Lipinski definition) is 3. The van der Waals surface area contributed by atoms with E-state index < -0.39 is 75.1 Å². The topological polar surface area (TPSA) is 324 Å². The number of nitro benzene ring substituents is 2. The fraction of sp³-hybridized carbons (Fsp3) is 0.0946. The predicted octanol–water partition coefficient (Wildman–Crippen LogP) is 14.9. The summed E-state index contributed by atoms with van der Waals surface area (Å²) in [7, 11) is 6.21. The lowest BCUT2D eigenvalue weighted by Gasteiger charge is -2.18. The molecule has 0 atom stereocenters. The lowest BCUT2D eigenvalue weighted by Crippen LogP contribution is -2.22. The number of ether oxygens (including phenoxy) is 6. The van der Waals surface area contributed by atoms with Crippen molar-refractivity contribution < 1.29 is 97.8 Å². The van der Waals surface area contributed by atoms with E-state index in [1.807, 2.05) is 0 Å². The van der Waals surface area contributed by atoms with Gasteiger partial charge >= 0.3 is 47.8 Å². The van der Waals surface area contributed by atoms with E-state index in [1.54, 1.807) is 60.7 Å². The van der Waals surface area contributed by atoms with Gasteiger partial charge in [0.25, 0.3) is 5.69 Å². The normalized spacial score (nSPS) is 10.9. The van der Waals surface area contributed by atoms with Gasteiger partial charge in [0.05, 0.1) is 119 Å². The highest BCUT2D eigenvalue weighted by Gasteiger charge is 2.30. The average Bonchev–Trinajstić information content (AvgIpc) is 1.60. The fourth-order valence-electron chi connectivity index (χ4n) is 9.97. The largest absolute Gasteiger partial charge is 0.465 e. The number of rotatable bonds is 16. The Bertz CT molecular complexity index is 5160. The first-order valence-corrected chi connectivity index (χ1v) is 30.5. The lowest BCUT2D eigenvalue weighted by atomic mass is 10.1. The van der Waals surface area contributed by atoms with Gasteiger partial charge in [0.2, 0.25) is 11.7 Å². The summed E-state index contributed by atoms with van der Waals surface area (Å²) in [6.07, 6.45) is 0.258. The number of esters is 5. The van der Waals surface area contributed by atoms with Gasteiger partial charge in [-0.1, -0.05) is 12.1 Å². The molecule has 0 fully saturated rings. The van der Waals surface area contributed by atoms with Crippen molar-refractivity contribution in [3.8, 4) is 17.1 Å². The van der Waals surface area contributed by atoms with Crippen LogP contribution >= 0.6 is 0 Å². The molecule has 25 nitrogen and oxygen atoms in total. The zero-order valence-electron chi connectivity index (χ0n) is 55.9. The molecule has 10 aromatic carbocycles. The second-order valence-corrected chi connectivity index (χ2v) is 21.7. The van der Waals surface area contributed by atoms with Crippen molar-refractivity contribution in [3.05, 3.63) is 306 Å². The summed E-state index contributed by atoms with van der Waals surface area (Å²) in [5, 5.41) is 27.0. The van der Waals surface area contributed by atoms with Gasteiger partial charge in [-0.15, -0.1) is 0 Å². The Kier molecular flexibility index (Phi) is 25.9. The van der Waals surface area contributed by atoms with Crippen LogP contribution in [0, 0.1) is 49.3 Å². The Morgan fingerprint density at radius 1 is 0.453 bits per heavy atom. The molecule has 1 aliphatic heterocycles. The molecule has 0 bridgehead atoms. The van der Waals surface area contributed by atoms with E-state index in [-0.39, 0.29) is 63.5 Å². The Hall–Kier alpha value is -14.2. The SMILES string of the molecule is COC(=O)c1ccc(N)c(Nc2ccc(F)cc2)c1.COC(=O)c1ccc([N+](=O)[O-])c(F)c1.COC(=O)c1ccc([N+](=O)[O-])c(Nc2ccc(F)cc2)c1.COC(=O)c1ccc2c(c1)N(c1ccc(F)cc1)C(=O)C2.COC(=O)c1ccc2c(c1)n(-c1ccc(F)cc1)c(=O)n2-c1cccc(OC(F)F)c1. The minimum absolute atomic E-state index is 0.0596. The highest BCUT2D eigenvalue weighted by molar-refractivity contribution is 6.08. The van der Waals surface area contributed by atoms with Gasteiger partial charge in [0, 0.05) is 35.3 Å². The summed E-state index contributed by atoms with van der Waals surface area (Å²) in [4.78, 5) is 104. The maximum atomic E-state index is 13.4. The van der Waals surface area contributed by atoms with Crippen molar-refractivity contribution >= 4 is 98.0 Å². The molecule has 0 saturated heterocycles. The second kappa shape index (κ2) is 35.4. The van der Waals surface area contributed by atoms with Crippen LogP contribution in [0.25, 0.3) is 22.4 Å². The number of methoxy groups -OCH3 is 5. The molecule has 12 rings (SSSR count). The van der Waals surface area contributed by atoms with Gasteiger partial charge in [0.1, 0.15) is 34.7 Å². The first kappa shape index (κ1) is 77.5. The van der Waals surface area contributed by atoms with Crippen molar-refractivity contribution in [2.24, 2.45) is 0 Å². The molecule has 0 spiro atoms. The zero-order valence-corrected chi connectivity index (χ0v) is 55.9. The maximum Gasteiger partial charge on any atom is 0.387 e. The van der Waals surface area contributed by atoms with Crippen LogP contribution in [0.15, 0.2) is 217 Å². The third-order valence-corrected chi connectivity index (χ3v) is 15.0. The summed E-state index contributed by atoms with van der Waals surface area (Å²) in [5.41, 5.74) is 11.2. The van der Waals surface area contributed by atoms with Gasteiger partial charge < -0.3 is 44.8 Å². The number of carbonyl (C=O) groups is 6. The van der Waals surface area contributed by atoms with Crippen molar-refractivity contribution in [3.63, 3.8) is 0 Å². The highest BCUT2D eigenvalue weighted by atomic mass is 19.3. The third-order valence-electron chi connectivity index (χ3n) is 15.0. The summed E-state index contributed by atoms with van der Waals surface area (Å²) >= 11 is 0. The van der Waals surface area contributed by atoms with Gasteiger partial charge in [0.15, 0.2) is 0 Å². The standard InChI is InChI=1S/C22H15F3N2O4.C16H12FNO3.C14H11FN2O4.C14H13FN2O2.C8H6FNO4/c1-30-20(28)13-5-10-18-19(11-13)26(15-8-6-14(23)7-9-15)22(29)27(18)16-3-2-4-17(12-16)31-21(24)25;1-21-16(20)11-3-2-10-9-15(19)18(14(10)8-11)13-6-4-12(17)5-7-13;1-21-14(18)9-2-7-13(17(19)20)12(8-9)16-11-5-3-10(15)4-6-11;1-19-14(18)9-2-7-12(16)13(8-9)17-11-5-3-10(15)4-6-11;1-14-8(11)5-2-3-7(10(12)13)6(9)4-5/h2-12,21H,1H3;2-8H,9H2,1H3;2-8,16H,1H3;2-8,17H,16H2,1H3;2-4H,1H3. The van der Waals surface area contributed by atoms with Crippen molar-refractivity contribution in [2.45, 2.75) is 13.0 Å². The van der Waals surface area contributed by atoms with Crippen LogP contribution in [-0.2, 0) is 34.9 Å². The summed E-state index contributed by atoms with van der Waals surface area (Å²) < 4.78 is 120. The molecule has 4 N–H and O–H groups in total. The predicted molar refractivity (Wildman–Crippen MR) is 372 cm³/mol. The lowest BCUT2D eigenvalue weighted by molar-refractivity contribution is -0.387. The number of nitro groups is 2. The quantitative estimate of drug-likeness (QED) is 0.0202. The maximum absolute atomic E-state index is 13.4. The van der Waals surface area contributed by atoms with Crippen LogP contribution in [-0.4, -0.2) is 96.9 Å². The number of nitrogens with zero attached hydrogens (tertiary/aromatic N) is 5. The van der Waals surface area contributed by atoms with Crippen LogP contribution in [0.3, 0.4) is 0 Å². The first-order valence-electron chi connectivity index (χ1n) is 30.5. The number of carbonyl (C=O) groups excluding carboxylic acids is 6. The summed E-state index contributed by atoms with van der Waals surface area (Å²) in [5.74, 6) is -5.71. The third kappa shape index (κ3) is 19.5. The Labute approximate surface area is 595 Å². The molecule has 1 amide bonds. The number of amides is 1. The molecule has 0 aliphatic carbocycles. The number of halogens is 7. The van der Waals surface area contributed by atoms with E-state index in [1.165, 1.54) is 176 Å². The smallest absolute Gasteiger partial charge is 0.387 e. The molecule has 544 valence electrons. The van der Waals surface area contributed by atoms with Crippen LogP contribution in [0.2, 0.25) is 0 Å². The van der Waals surface area contributed by atoms with Crippen LogP contribution in [0.4, 0.5) is 81.9 Å². The number of anilines is 7. The Morgan fingerprint density at radius 2 is 0.868 bits per heavy atom. The molecule has 0 unspecified atom stereocenters. The summed E-state index contributed by atoms with van der Waals surface area (Å²) in [6, 6.07) is 48.6. The average molecular weight is 1460 g/mol. The molecule has 2 heterocycles. The number of imidazole rings is 1. The van der Waals surface area contributed by atoms with Gasteiger partial charge in [-0.2, -0.15) is 13.2 Å². The monoisotopic (exact) mass is 1460 g/mol. The number of nitrogens with two attached hydrogens (primary N) is 1. The van der Waals surface area contributed by atoms with Crippen molar-refractivity contribution in [1.82, 2.24) is 9.13 Å². The molecular weight excluding hydrogens is 1410 g/mol.